The molecule has 1 N–H and O–H groups in total. The Bertz CT molecular complexity index is 1070. The van der Waals surface area contributed by atoms with Crippen molar-refractivity contribution in [3.63, 3.8) is 0 Å². The van der Waals surface area contributed by atoms with Crippen LogP contribution in [0.25, 0.3) is 0 Å². The van der Waals surface area contributed by atoms with Crippen molar-refractivity contribution in [3.05, 3.63) is 0 Å². The second-order valence-electron chi connectivity index (χ2n) is 4.46. The molecule has 1 aliphatic rings. The number of ether oxygens (including phenoxy) is 1. The highest BCUT2D eigenvalue weighted by molar-refractivity contribution is 7.53. The van der Waals surface area contributed by atoms with Crippen molar-refractivity contribution in [2.75, 3.05) is 19.4 Å². The molecular formula is C20H37O5P. The lowest BCUT2D eigenvalue weighted by Crippen LogP contribution is -2.15. The fourth-order valence-electron chi connectivity index (χ4n) is 1.44. The summed E-state index contributed by atoms with van der Waals surface area (Å²) in [7, 11) is -3.51. The van der Waals surface area contributed by atoms with Crippen LogP contribution in [0, 0.1) is 88.8 Å². The van der Waals surface area contributed by atoms with Crippen LogP contribution in [0.5, 0.6) is 0 Å². The fraction of sp³-hybridized carbons (Fsp3) is 0.250. The van der Waals surface area contributed by atoms with Crippen LogP contribution >= 0.6 is 7.60 Å². The molecule has 6 heteroatoms. The Balaban J connectivity index is -0.0000000473. The average molecular weight is 388 g/mol. The van der Waals surface area contributed by atoms with E-state index in [2.05, 4.69) is 87.4 Å². The van der Waals surface area contributed by atoms with Gasteiger partial charge in [-0.1, -0.05) is 5.92 Å². The van der Waals surface area contributed by atoms with Gasteiger partial charge in [-0.15, -0.1) is 0 Å². The molecule has 26 heavy (non-hydrogen) atoms. The molecule has 5 nitrogen and oxygen atoms in total. The molecular weight excluding hydrogens is 351 g/mol. The summed E-state index contributed by atoms with van der Waals surface area (Å²) in [6.45, 7) is 1.72. The Kier molecular flexibility index (Phi) is 9.49. The normalized spacial score (nSPS) is 18.3. The number of rotatable bonds is 2. The van der Waals surface area contributed by atoms with Crippen LogP contribution in [-0.4, -0.2) is 30.2 Å². The van der Waals surface area contributed by atoms with E-state index < -0.39 is 13.6 Å². The van der Waals surface area contributed by atoms with Crippen LogP contribution in [0.3, 0.4) is 0 Å². The van der Waals surface area contributed by atoms with Gasteiger partial charge < -0.3 is 14.2 Å². The van der Waals surface area contributed by atoms with E-state index in [1.165, 1.54) is 0 Å². The predicted molar refractivity (Wildman–Crippen MR) is 123 cm³/mol. The van der Waals surface area contributed by atoms with Gasteiger partial charge in [0.1, 0.15) is 0 Å². The number of carbonyl (C=O) groups excluding carboxylic acids is 1. The summed E-state index contributed by atoms with van der Waals surface area (Å²) in [4.78, 5) is 20.5. The quantitative estimate of drug-likeness (QED) is 0.339. The lowest BCUT2D eigenvalue weighted by Gasteiger charge is -2.04. The molecule has 152 valence electrons. The van der Waals surface area contributed by atoms with E-state index >= 15 is 0 Å². The molecule has 2 atom stereocenters. The molecule has 0 aromatic heterocycles. The van der Waals surface area contributed by atoms with Crippen molar-refractivity contribution in [1.82, 2.24) is 0 Å². The summed E-state index contributed by atoms with van der Waals surface area (Å²) < 4.78 is 20.7. The highest BCUT2D eigenvalue weighted by Crippen LogP contribution is 2.49. The molecule has 2 unspecified atom stereocenters. The van der Waals surface area contributed by atoms with Gasteiger partial charge in [-0.25, -0.2) is 4.79 Å². The second-order valence-corrected chi connectivity index (χ2v) is 6.35. The van der Waals surface area contributed by atoms with Gasteiger partial charge in [0.25, 0.3) is 0 Å². The van der Waals surface area contributed by atoms with Crippen LogP contribution in [0.2, 0.25) is 0 Å². The standard InChI is InChI=1S/C20H11O5P.13H2/c1-2-3-4-5-6-7-8-9-10-11-12-13-14-15-20(21)24-16-19-17-25-26(22,23)18-19;;;;;;;;;;;;;/h19H,16-18H2,1H3,(H,22,23);13*1H. The summed E-state index contributed by atoms with van der Waals surface area (Å²) >= 11 is 0. The van der Waals surface area contributed by atoms with Crippen molar-refractivity contribution in [1.29, 1.82) is 0 Å². The van der Waals surface area contributed by atoms with Gasteiger partial charge in [0.05, 0.1) is 19.4 Å². The van der Waals surface area contributed by atoms with Crippen LogP contribution in [0.15, 0.2) is 0 Å². The third-order valence-corrected chi connectivity index (χ3v) is 3.96. The highest BCUT2D eigenvalue weighted by atomic mass is 31.2. The Morgan fingerprint density at radius 1 is 1.04 bits per heavy atom. The van der Waals surface area contributed by atoms with E-state index in [-0.39, 0.29) is 43.8 Å². The minimum Gasteiger partial charge on any atom is -0.456 e. The van der Waals surface area contributed by atoms with Crippen LogP contribution in [0.1, 0.15) is 25.5 Å². The molecule has 0 saturated carbocycles. The average Bonchev–Trinajstić information content (AvgIpc) is 2.96. The highest BCUT2D eigenvalue weighted by Gasteiger charge is 2.34. The van der Waals surface area contributed by atoms with E-state index in [0.717, 1.165) is 0 Å². The Morgan fingerprint density at radius 2 is 1.54 bits per heavy atom. The zero-order valence-corrected chi connectivity index (χ0v) is 14.6. The van der Waals surface area contributed by atoms with Crippen molar-refractivity contribution < 1.29 is 42.1 Å². The molecule has 0 radical (unpaired) electrons. The number of carbonyl (C=O) groups is 1. The first-order valence-corrected chi connectivity index (χ1v) is 8.85. The minimum atomic E-state index is -3.51. The zero-order chi connectivity index (χ0) is 19.1. The number of hydrogen-bond donors (Lipinski definition) is 1. The van der Waals surface area contributed by atoms with E-state index in [1.54, 1.807) is 6.92 Å². The molecule has 1 saturated heterocycles. The van der Waals surface area contributed by atoms with E-state index in [0.29, 0.717) is 0 Å². The van der Waals surface area contributed by atoms with Crippen LogP contribution in [0.4, 0.5) is 0 Å². The first kappa shape index (κ1) is 20.6. The van der Waals surface area contributed by atoms with Gasteiger partial charge in [-0.2, -0.15) is 0 Å². The smallest absolute Gasteiger partial charge is 0.385 e. The van der Waals surface area contributed by atoms with Gasteiger partial charge in [-0.05, 0) is 78.0 Å². The zero-order valence-electron chi connectivity index (χ0n) is 13.7. The van der Waals surface area contributed by atoms with Gasteiger partial charge in [-0.3, -0.25) is 4.57 Å². The largest absolute Gasteiger partial charge is 0.456 e. The summed E-state index contributed by atoms with van der Waals surface area (Å²) in [5.74, 6) is 32.9. The van der Waals surface area contributed by atoms with E-state index in [1.807, 2.05) is 0 Å². The first-order chi connectivity index (χ1) is 12.5. The summed E-state index contributed by atoms with van der Waals surface area (Å²) in [6, 6.07) is 0. The van der Waals surface area contributed by atoms with Gasteiger partial charge >= 0.3 is 13.6 Å². The molecule has 0 amide bonds. The lowest BCUT2D eigenvalue weighted by molar-refractivity contribution is -0.137. The topological polar surface area (TPSA) is 72.8 Å². The molecule has 0 bridgehead atoms. The van der Waals surface area contributed by atoms with Gasteiger partial charge in [0.2, 0.25) is 0 Å². The number of hydrogen-bond acceptors (Lipinski definition) is 4. The molecule has 0 aliphatic carbocycles. The monoisotopic (exact) mass is 388 g/mol. The Labute approximate surface area is 172 Å². The predicted octanol–water partition coefficient (Wildman–Crippen LogP) is 3.60. The van der Waals surface area contributed by atoms with E-state index in [9.17, 15) is 14.3 Å². The van der Waals surface area contributed by atoms with Crippen molar-refractivity contribution in [2.45, 2.75) is 6.92 Å². The Morgan fingerprint density at radius 3 is 2.00 bits per heavy atom. The van der Waals surface area contributed by atoms with Crippen molar-refractivity contribution in [2.24, 2.45) is 5.92 Å². The second kappa shape index (κ2) is 12.0. The van der Waals surface area contributed by atoms with Crippen molar-refractivity contribution in [3.8, 4) is 82.9 Å². The molecule has 1 heterocycles. The van der Waals surface area contributed by atoms with Crippen molar-refractivity contribution >= 4 is 13.6 Å². The maximum atomic E-state index is 11.3. The Hall–Kier alpha value is -3.46. The maximum absolute atomic E-state index is 11.3. The minimum absolute atomic E-state index is 0. The van der Waals surface area contributed by atoms with Crippen LogP contribution < -0.4 is 0 Å². The number of esters is 1. The summed E-state index contributed by atoms with van der Waals surface area (Å²) in [5.41, 5.74) is 0. The molecule has 1 rings (SSSR count). The first-order valence-electron chi connectivity index (χ1n) is 7.09. The molecule has 1 fully saturated rings. The van der Waals surface area contributed by atoms with Gasteiger partial charge in [0.15, 0.2) is 0 Å². The fourth-order valence-corrected chi connectivity index (χ4v) is 2.85. The molecule has 0 aromatic carbocycles. The van der Waals surface area contributed by atoms with E-state index in [4.69, 9.17) is 4.74 Å². The third kappa shape index (κ3) is 10.3. The third-order valence-electron chi connectivity index (χ3n) is 2.43. The van der Waals surface area contributed by atoms with Gasteiger partial charge in [0, 0.05) is 30.4 Å². The SMILES string of the molecule is CC#CC#CC#CC#CC#CC#CC#CC(=O)OCC1COP(=O)(O)C1.[HH].[HH].[HH].[HH].[HH].[HH].[HH].[HH].[HH].[HH].[HH].[HH].[HH]. The summed E-state index contributed by atoms with van der Waals surface area (Å²) in [5, 5.41) is 0. The molecule has 0 aromatic rings. The molecule has 0 spiro atoms. The summed E-state index contributed by atoms with van der Waals surface area (Å²) in [6.07, 6.45) is -0.0338. The van der Waals surface area contributed by atoms with Crippen LogP contribution in [-0.2, 0) is 18.6 Å². The maximum Gasteiger partial charge on any atom is 0.385 e. The molecule has 1 aliphatic heterocycles. The lowest BCUT2D eigenvalue weighted by atomic mass is 10.2.